The van der Waals surface area contributed by atoms with Crippen LogP contribution in [0.2, 0.25) is 0 Å². The molecule has 0 spiro atoms. The lowest BCUT2D eigenvalue weighted by molar-refractivity contribution is 0.415. The summed E-state index contributed by atoms with van der Waals surface area (Å²) in [7, 11) is 1.61. The molecule has 0 radical (unpaired) electrons. The van der Waals surface area contributed by atoms with E-state index in [0.29, 0.717) is 22.9 Å². The van der Waals surface area contributed by atoms with Crippen LogP contribution in [0.5, 0.6) is 5.75 Å². The van der Waals surface area contributed by atoms with E-state index >= 15 is 0 Å². The topological polar surface area (TPSA) is 107 Å². The molecule has 10 heteroatoms. The minimum Gasteiger partial charge on any atom is -0.497 e. The number of halogens is 1. The monoisotopic (exact) mass is 475 g/mol. The molecule has 5 aromatic rings. The summed E-state index contributed by atoms with van der Waals surface area (Å²) in [6.45, 7) is 0. The molecular weight excluding hydrogens is 462 g/mol. The fraction of sp³-hybridized carbons (Fsp3) is 0.0476. The van der Waals surface area contributed by atoms with Gasteiger partial charge in [-0.15, -0.1) is 5.10 Å². The average molecular weight is 476 g/mol. The Morgan fingerprint density at radius 3 is 2.71 bits per heavy atom. The Labute approximate surface area is 183 Å². The number of ether oxygens (including phenoxy) is 1. The van der Waals surface area contributed by atoms with Crippen molar-refractivity contribution >= 4 is 44.1 Å². The number of anilines is 2. The second kappa shape index (κ2) is 7.73. The first-order valence-electron chi connectivity index (χ1n) is 9.20. The van der Waals surface area contributed by atoms with Gasteiger partial charge in [-0.3, -0.25) is 9.78 Å². The third kappa shape index (κ3) is 3.57. The Morgan fingerprint density at radius 1 is 1.06 bits per heavy atom. The van der Waals surface area contributed by atoms with Crippen molar-refractivity contribution in [2.75, 3.05) is 12.4 Å². The van der Waals surface area contributed by atoms with Gasteiger partial charge in [-0.05, 0) is 42.5 Å². The van der Waals surface area contributed by atoms with Crippen molar-refractivity contribution in [3.8, 4) is 17.1 Å². The molecule has 3 heterocycles. The van der Waals surface area contributed by atoms with Crippen LogP contribution >= 0.6 is 15.9 Å². The molecule has 0 fully saturated rings. The Balaban J connectivity index is 1.73. The van der Waals surface area contributed by atoms with Gasteiger partial charge in [-0.1, -0.05) is 15.9 Å². The third-order valence-electron chi connectivity index (χ3n) is 4.61. The molecule has 31 heavy (non-hydrogen) atoms. The summed E-state index contributed by atoms with van der Waals surface area (Å²) < 4.78 is 7.67. The molecule has 0 atom stereocenters. The molecule has 0 aliphatic heterocycles. The minimum absolute atomic E-state index is 0.176. The zero-order valence-corrected chi connectivity index (χ0v) is 17.7. The molecule has 3 aromatic heterocycles. The van der Waals surface area contributed by atoms with Gasteiger partial charge in [0.1, 0.15) is 11.4 Å². The lowest BCUT2D eigenvalue weighted by Crippen LogP contribution is -2.11. The van der Waals surface area contributed by atoms with Crippen LogP contribution in [0.4, 0.5) is 11.6 Å². The van der Waals surface area contributed by atoms with Gasteiger partial charge in [0, 0.05) is 27.8 Å². The predicted octanol–water partition coefficient (Wildman–Crippen LogP) is 3.61. The molecule has 1 N–H and O–H groups in total. The number of benzene rings is 2. The summed E-state index contributed by atoms with van der Waals surface area (Å²) in [5.74, 6) is 1.58. The van der Waals surface area contributed by atoms with E-state index in [1.165, 1.54) is 18.6 Å². The lowest BCUT2D eigenvalue weighted by atomic mass is 10.2. The molecular formula is C21H14BrN7O2. The highest BCUT2D eigenvalue weighted by Gasteiger charge is 2.16. The molecule has 0 unspecified atom stereocenters. The highest BCUT2D eigenvalue weighted by atomic mass is 79.9. The van der Waals surface area contributed by atoms with E-state index in [2.05, 4.69) is 41.3 Å². The first-order valence-corrected chi connectivity index (χ1v) is 9.99. The molecule has 0 bridgehead atoms. The number of methoxy groups -OCH3 is 1. The third-order valence-corrected chi connectivity index (χ3v) is 5.10. The fourth-order valence-electron chi connectivity index (χ4n) is 3.11. The molecule has 0 amide bonds. The molecule has 152 valence electrons. The van der Waals surface area contributed by atoms with Crippen molar-refractivity contribution in [2.24, 2.45) is 0 Å². The molecule has 5 rings (SSSR count). The van der Waals surface area contributed by atoms with Gasteiger partial charge in [0.25, 0.3) is 5.56 Å². The van der Waals surface area contributed by atoms with Crippen LogP contribution in [0.3, 0.4) is 0 Å². The molecule has 0 saturated heterocycles. The first-order chi connectivity index (χ1) is 15.1. The predicted molar refractivity (Wildman–Crippen MR) is 120 cm³/mol. The fourth-order valence-corrected chi connectivity index (χ4v) is 3.46. The summed E-state index contributed by atoms with van der Waals surface area (Å²) >= 11 is 3.48. The van der Waals surface area contributed by atoms with Gasteiger partial charge < -0.3 is 10.1 Å². The molecule has 0 aliphatic carbocycles. The number of nitrogens with zero attached hydrogens (tertiary/aromatic N) is 6. The van der Waals surface area contributed by atoms with E-state index in [1.54, 1.807) is 11.6 Å². The Bertz CT molecular complexity index is 1490. The molecule has 0 saturated carbocycles. The minimum atomic E-state index is -0.461. The van der Waals surface area contributed by atoms with Crippen LogP contribution in [0.15, 0.2) is 70.3 Å². The van der Waals surface area contributed by atoms with Crippen LogP contribution in [-0.4, -0.2) is 36.7 Å². The Kier molecular flexibility index (Phi) is 4.75. The highest BCUT2D eigenvalue weighted by Crippen LogP contribution is 2.27. The maximum atomic E-state index is 12.3. The van der Waals surface area contributed by atoms with Crippen LogP contribution in [0.25, 0.3) is 27.9 Å². The summed E-state index contributed by atoms with van der Waals surface area (Å²) in [5.41, 5.74) is 1.82. The average Bonchev–Trinajstić information content (AvgIpc) is 3.13. The van der Waals surface area contributed by atoms with Crippen molar-refractivity contribution < 1.29 is 4.74 Å². The van der Waals surface area contributed by atoms with Gasteiger partial charge in [-0.2, -0.15) is 4.52 Å². The zero-order chi connectivity index (χ0) is 21.4. The molecule has 0 aliphatic rings. The highest BCUT2D eigenvalue weighted by molar-refractivity contribution is 9.10. The quantitative estimate of drug-likeness (QED) is 0.419. The van der Waals surface area contributed by atoms with E-state index in [1.807, 2.05) is 42.5 Å². The van der Waals surface area contributed by atoms with Crippen LogP contribution < -0.4 is 15.6 Å². The van der Waals surface area contributed by atoms with Crippen molar-refractivity contribution in [3.05, 3.63) is 75.9 Å². The van der Waals surface area contributed by atoms with Gasteiger partial charge in [0.2, 0.25) is 5.95 Å². The van der Waals surface area contributed by atoms with E-state index in [4.69, 9.17) is 9.72 Å². The number of nitrogens with one attached hydrogen (secondary N) is 1. The van der Waals surface area contributed by atoms with Crippen LogP contribution in [0, 0.1) is 0 Å². The van der Waals surface area contributed by atoms with Gasteiger partial charge in [0.05, 0.1) is 18.8 Å². The second-order valence-electron chi connectivity index (χ2n) is 6.55. The van der Waals surface area contributed by atoms with Crippen molar-refractivity contribution in [2.45, 2.75) is 0 Å². The standard InChI is InChI=1S/C21H14BrN7O2/c1-31-14-5-2-12(3-6-14)18-27-19-15-7-4-13(22)10-16(15)25-21(29(19)28-18)26-17-11-23-8-9-24-20(17)30/h2-11H,1H3,(H,24,25,26,30). The van der Waals surface area contributed by atoms with Crippen molar-refractivity contribution in [3.63, 3.8) is 0 Å². The maximum absolute atomic E-state index is 12.3. The molecule has 9 nitrogen and oxygen atoms in total. The number of hydrogen-bond acceptors (Lipinski definition) is 8. The zero-order valence-electron chi connectivity index (χ0n) is 16.2. The van der Waals surface area contributed by atoms with E-state index in [9.17, 15) is 4.79 Å². The van der Waals surface area contributed by atoms with E-state index in [-0.39, 0.29) is 5.69 Å². The maximum Gasteiger partial charge on any atom is 0.295 e. The number of fused-ring (bicyclic) bond motifs is 3. The number of aromatic nitrogens is 6. The SMILES string of the molecule is COc1ccc(-c2nc3c4ccc(Br)cc4nc(Nc4cnccnc4=O)n3n2)cc1. The number of rotatable bonds is 4. The lowest BCUT2D eigenvalue weighted by Gasteiger charge is -2.07. The summed E-state index contributed by atoms with van der Waals surface area (Å²) in [5, 5.41) is 8.46. The van der Waals surface area contributed by atoms with E-state index in [0.717, 1.165) is 21.2 Å². The van der Waals surface area contributed by atoms with Crippen LogP contribution in [-0.2, 0) is 0 Å². The number of hydrogen-bond donors (Lipinski definition) is 1. The first kappa shape index (κ1) is 19.1. The second-order valence-corrected chi connectivity index (χ2v) is 7.46. The van der Waals surface area contributed by atoms with Crippen LogP contribution in [0.1, 0.15) is 0 Å². The summed E-state index contributed by atoms with van der Waals surface area (Å²) in [6.07, 6.45) is 4.17. The molecule has 2 aromatic carbocycles. The Morgan fingerprint density at radius 2 is 1.90 bits per heavy atom. The van der Waals surface area contributed by atoms with Crippen molar-refractivity contribution in [1.29, 1.82) is 0 Å². The van der Waals surface area contributed by atoms with Gasteiger partial charge in [0.15, 0.2) is 11.5 Å². The normalized spacial score (nSPS) is 11.0. The largest absolute Gasteiger partial charge is 0.497 e. The summed E-state index contributed by atoms with van der Waals surface area (Å²) in [6, 6.07) is 13.2. The van der Waals surface area contributed by atoms with Gasteiger partial charge in [-0.25, -0.2) is 15.0 Å². The van der Waals surface area contributed by atoms with Crippen molar-refractivity contribution in [1.82, 2.24) is 29.5 Å². The smallest absolute Gasteiger partial charge is 0.295 e. The Hall–Kier alpha value is -3.92. The summed E-state index contributed by atoms with van der Waals surface area (Å²) in [4.78, 5) is 29.5. The van der Waals surface area contributed by atoms with Gasteiger partial charge >= 0.3 is 0 Å². The van der Waals surface area contributed by atoms with E-state index < -0.39 is 5.56 Å².